The minimum absolute atomic E-state index is 0.0794. The average Bonchev–Trinajstić information content (AvgIpc) is 2.86. The molecule has 0 saturated heterocycles. The molecular weight excluding hydrogens is 312 g/mol. The molecule has 0 aromatic heterocycles. The van der Waals surface area contributed by atoms with Gasteiger partial charge in [0.15, 0.2) is 0 Å². The molecule has 0 spiro atoms. The smallest absolute Gasteiger partial charge is 0.261 e. The number of amides is 1. The van der Waals surface area contributed by atoms with E-state index in [0.29, 0.717) is 11.6 Å². The van der Waals surface area contributed by atoms with E-state index in [0.717, 1.165) is 16.8 Å². The third-order valence-electron chi connectivity index (χ3n) is 3.84. The second-order valence-electron chi connectivity index (χ2n) is 5.93. The van der Waals surface area contributed by atoms with Crippen molar-refractivity contribution in [2.45, 2.75) is 31.1 Å². The standard InChI is InChI=1S/C17H18N2O3S/c1-11(2)12-3-6-15(7-4-12)23(21,22)19-14-5-8-16-13(9-14)10-17(20)18-16/h3-9,11,19H,10H2,1-2H3,(H,18,20). The lowest BCUT2D eigenvalue weighted by Crippen LogP contribution is -2.13. The van der Waals surface area contributed by atoms with Crippen molar-refractivity contribution in [2.75, 3.05) is 10.0 Å². The Hall–Kier alpha value is -2.34. The zero-order valence-corrected chi connectivity index (χ0v) is 13.8. The predicted molar refractivity (Wildman–Crippen MR) is 90.1 cm³/mol. The molecule has 0 bridgehead atoms. The Morgan fingerprint density at radius 1 is 1.09 bits per heavy atom. The van der Waals surface area contributed by atoms with Crippen LogP contribution in [-0.4, -0.2) is 14.3 Å². The van der Waals surface area contributed by atoms with E-state index in [9.17, 15) is 13.2 Å². The minimum Gasteiger partial charge on any atom is -0.326 e. The highest BCUT2D eigenvalue weighted by molar-refractivity contribution is 7.92. The second-order valence-corrected chi connectivity index (χ2v) is 7.61. The number of hydrogen-bond acceptors (Lipinski definition) is 3. The Bertz CT molecular complexity index is 856. The van der Waals surface area contributed by atoms with Crippen LogP contribution in [0.1, 0.15) is 30.9 Å². The van der Waals surface area contributed by atoms with Crippen molar-refractivity contribution in [1.82, 2.24) is 0 Å². The Morgan fingerprint density at radius 3 is 2.43 bits per heavy atom. The van der Waals surface area contributed by atoms with Gasteiger partial charge in [0.1, 0.15) is 0 Å². The van der Waals surface area contributed by atoms with Crippen LogP contribution in [0.5, 0.6) is 0 Å². The number of rotatable bonds is 4. The first-order chi connectivity index (χ1) is 10.8. The minimum atomic E-state index is -3.64. The average molecular weight is 330 g/mol. The van der Waals surface area contributed by atoms with E-state index in [1.54, 1.807) is 30.3 Å². The van der Waals surface area contributed by atoms with Gasteiger partial charge in [-0.25, -0.2) is 8.42 Å². The van der Waals surface area contributed by atoms with Crippen LogP contribution in [0.15, 0.2) is 47.4 Å². The van der Waals surface area contributed by atoms with E-state index >= 15 is 0 Å². The second kappa shape index (κ2) is 5.70. The number of nitrogens with one attached hydrogen (secondary N) is 2. The van der Waals surface area contributed by atoms with E-state index in [1.807, 2.05) is 12.1 Å². The zero-order valence-electron chi connectivity index (χ0n) is 13.0. The van der Waals surface area contributed by atoms with Crippen LogP contribution in [0.3, 0.4) is 0 Å². The van der Waals surface area contributed by atoms with Gasteiger partial charge in [0.2, 0.25) is 5.91 Å². The molecular formula is C17H18N2O3S. The summed E-state index contributed by atoms with van der Waals surface area (Å²) in [6, 6.07) is 11.9. The summed E-state index contributed by atoms with van der Waals surface area (Å²) in [5.74, 6) is 0.269. The molecule has 120 valence electrons. The molecule has 1 amide bonds. The van der Waals surface area contributed by atoms with Gasteiger partial charge in [-0.1, -0.05) is 26.0 Å². The summed E-state index contributed by atoms with van der Waals surface area (Å²) in [4.78, 5) is 11.6. The summed E-state index contributed by atoms with van der Waals surface area (Å²) in [7, 11) is -3.64. The molecule has 2 aromatic carbocycles. The van der Waals surface area contributed by atoms with Crippen LogP contribution in [0.2, 0.25) is 0 Å². The fourth-order valence-electron chi connectivity index (χ4n) is 2.54. The third kappa shape index (κ3) is 3.22. The lowest BCUT2D eigenvalue weighted by atomic mass is 10.0. The highest BCUT2D eigenvalue weighted by Gasteiger charge is 2.19. The Balaban J connectivity index is 1.84. The first-order valence-corrected chi connectivity index (χ1v) is 8.89. The quantitative estimate of drug-likeness (QED) is 0.904. The number of carbonyl (C=O) groups excluding carboxylic acids is 1. The maximum atomic E-state index is 12.5. The van der Waals surface area contributed by atoms with Crippen molar-refractivity contribution < 1.29 is 13.2 Å². The summed E-state index contributed by atoms with van der Waals surface area (Å²) in [6.45, 7) is 4.11. The molecule has 0 fully saturated rings. The number of hydrogen-bond donors (Lipinski definition) is 2. The summed E-state index contributed by atoms with van der Waals surface area (Å²) >= 11 is 0. The van der Waals surface area contributed by atoms with Crippen LogP contribution >= 0.6 is 0 Å². The molecule has 23 heavy (non-hydrogen) atoms. The van der Waals surface area contributed by atoms with Gasteiger partial charge in [0.25, 0.3) is 10.0 Å². The highest BCUT2D eigenvalue weighted by Crippen LogP contribution is 2.27. The van der Waals surface area contributed by atoms with E-state index in [1.165, 1.54) is 0 Å². The van der Waals surface area contributed by atoms with Crippen LogP contribution in [0.4, 0.5) is 11.4 Å². The largest absolute Gasteiger partial charge is 0.326 e. The van der Waals surface area contributed by atoms with Gasteiger partial charge in [-0.2, -0.15) is 0 Å². The molecule has 1 heterocycles. The maximum absolute atomic E-state index is 12.5. The van der Waals surface area contributed by atoms with Crippen LogP contribution < -0.4 is 10.0 Å². The van der Waals surface area contributed by atoms with Gasteiger partial charge in [0, 0.05) is 11.4 Å². The predicted octanol–water partition coefficient (Wildman–Crippen LogP) is 3.11. The van der Waals surface area contributed by atoms with Gasteiger partial charge < -0.3 is 5.32 Å². The van der Waals surface area contributed by atoms with Crippen molar-refractivity contribution in [3.63, 3.8) is 0 Å². The van der Waals surface area contributed by atoms with Gasteiger partial charge in [-0.3, -0.25) is 9.52 Å². The summed E-state index contributed by atoms with van der Waals surface area (Å²) in [5.41, 5.74) is 3.07. The number of fused-ring (bicyclic) bond motifs is 1. The molecule has 1 aliphatic heterocycles. The lowest BCUT2D eigenvalue weighted by molar-refractivity contribution is -0.115. The molecule has 5 nitrogen and oxygen atoms in total. The normalized spacial score (nSPS) is 13.8. The van der Waals surface area contributed by atoms with Crippen LogP contribution in [0.25, 0.3) is 0 Å². The fourth-order valence-corrected chi connectivity index (χ4v) is 3.59. The molecule has 2 N–H and O–H groups in total. The lowest BCUT2D eigenvalue weighted by Gasteiger charge is -2.11. The van der Waals surface area contributed by atoms with Crippen molar-refractivity contribution in [2.24, 2.45) is 0 Å². The van der Waals surface area contributed by atoms with Gasteiger partial charge in [-0.15, -0.1) is 0 Å². The summed E-state index contributed by atoms with van der Waals surface area (Å²) in [5, 5.41) is 2.72. The van der Waals surface area contributed by atoms with E-state index in [2.05, 4.69) is 23.9 Å². The Labute approximate surface area is 135 Å². The third-order valence-corrected chi connectivity index (χ3v) is 5.24. The molecule has 0 aliphatic carbocycles. The Morgan fingerprint density at radius 2 is 1.78 bits per heavy atom. The number of benzene rings is 2. The first-order valence-electron chi connectivity index (χ1n) is 7.41. The maximum Gasteiger partial charge on any atom is 0.261 e. The van der Waals surface area contributed by atoms with E-state index in [-0.39, 0.29) is 17.2 Å². The van der Waals surface area contributed by atoms with Crippen molar-refractivity contribution >= 4 is 27.3 Å². The molecule has 6 heteroatoms. The molecule has 2 aromatic rings. The topological polar surface area (TPSA) is 75.3 Å². The fraction of sp³-hybridized carbons (Fsp3) is 0.235. The molecule has 0 unspecified atom stereocenters. The Kier molecular flexibility index (Phi) is 3.85. The van der Waals surface area contributed by atoms with Crippen molar-refractivity contribution in [3.05, 3.63) is 53.6 Å². The van der Waals surface area contributed by atoms with Crippen LogP contribution in [-0.2, 0) is 21.2 Å². The summed E-state index contributed by atoms with van der Waals surface area (Å²) in [6.07, 6.45) is 0.272. The van der Waals surface area contributed by atoms with Gasteiger partial charge in [0.05, 0.1) is 11.3 Å². The van der Waals surface area contributed by atoms with E-state index < -0.39 is 10.0 Å². The monoisotopic (exact) mass is 330 g/mol. The number of carbonyl (C=O) groups is 1. The SMILES string of the molecule is CC(C)c1ccc(S(=O)(=O)Nc2ccc3c(c2)CC(=O)N3)cc1. The number of anilines is 2. The van der Waals surface area contributed by atoms with Crippen molar-refractivity contribution in [1.29, 1.82) is 0 Å². The molecule has 1 aliphatic rings. The first kappa shape index (κ1) is 15.6. The molecule has 0 radical (unpaired) electrons. The van der Waals surface area contributed by atoms with Crippen LogP contribution in [0, 0.1) is 0 Å². The van der Waals surface area contributed by atoms with E-state index in [4.69, 9.17) is 0 Å². The van der Waals surface area contributed by atoms with Crippen molar-refractivity contribution in [3.8, 4) is 0 Å². The summed E-state index contributed by atoms with van der Waals surface area (Å²) < 4.78 is 27.5. The molecule has 3 rings (SSSR count). The highest BCUT2D eigenvalue weighted by atomic mass is 32.2. The van der Waals surface area contributed by atoms with Gasteiger partial charge in [-0.05, 0) is 47.4 Å². The zero-order chi connectivity index (χ0) is 16.6. The van der Waals surface area contributed by atoms with Gasteiger partial charge >= 0.3 is 0 Å². The number of sulfonamides is 1. The molecule has 0 saturated carbocycles. The molecule has 0 atom stereocenters.